The van der Waals surface area contributed by atoms with Gasteiger partial charge in [0.1, 0.15) is 22.3 Å². The normalized spacial score (nSPS) is 12.0. The summed E-state index contributed by atoms with van der Waals surface area (Å²) >= 11 is 0. The van der Waals surface area contributed by atoms with Crippen LogP contribution in [-0.4, -0.2) is 0 Å². The van der Waals surface area contributed by atoms with Gasteiger partial charge in [0.25, 0.3) is 0 Å². The highest BCUT2D eigenvalue weighted by Gasteiger charge is 2.24. The maximum atomic E-state index is 6.91. The monoisotopic (exact) mass is 1060 g/mol. The molecular weight excluding hydrogens is 1020 g/mol. The average molecular weight is 1070 g/mol. The molecule has 18 aromatic rings. The van der Waals surface area contributed by atoms with Crippen molar-refractivity contribution in [1.29, 1.82) is 0 Å². The highest BCUT2D eigenvalue weighted by Crippen LogP contribution is 2.51. The fraction of sp³-hybridized carbons (Fsp3) is 0. The molecule has 16 aromatic carbocycles. The Morgan fingerprint density at radius 2 is 0.452 bits per heavy atom. The molecule has 0 saturated heterocycles. The Labute approximate surface area is 483 Å². The van der Waals surface area contributed by atoms with Crippen LogP contribution in [0.1, 0.15) is 0 Å². The lowest BCUT2D eigenvalue weighted by atomic mass is 9.83. The number of rotatable bonds is 6. The zero-order valence-electron chi connectivity index (χ0n) is 45.5. The molecule has 2 heterocycles. The zero-order valence-corrected chi connectivity index (χ0v) is 45.5. The first-order valence-electron chi connectivity index (χ1n) is 29.0. The predicted molar refractivity (Wildman–Crippen MR) is 356 cm³/mol. The van der Waals surface area contributed by atoms with Crippen molar-refractivity contribution in [2.45, 2.75) is 0 Å². The van der Waals surface area contributed by atoms with Gasteiger partial charge in [0, 0.05) is 21.5 Å². The van der Waals surface area contributed by atoms with Crippen molar-refractivity contribution in [3.05, 3.63) is 291 Å². The van der Waals surface area contributed by atoms with Crippen LogP contribution in [0, 0.1) is 0 Å². The van der Waals surface area contributed by atoms with E-state index in [4.69, 9.17) is 8.83 Å². The van der Waals surface area contributed by atoms with Crippen LogP contribution >= 0.6 is 0 Å². The van der Waals surface area contributed by atoms with Gasteiger partial charge in [0.05, 0.1) is 0 Å². The Morgan fingerprint density at radius 3 is 0.833 bits per heavy atom. The summed E-state index contributed by atoms with van der Waals surface area (Å²) in [4.78, 5) is 0. The van der Waals surface area contributed by atoms with E-state index in [0.717, 1.165) is 65.8 Å². The highest BCUT2D eigenvalue weighted by atomic mass is 16.3. The Morgan fingerprint density at radius 1 is 0.167 bits per heavy atom. The minimum absolute atomic E-state index is 0.859. The molecule has 0 spiro atoms. The van der Waals surface area contributed by atoms with Crippen LogP contribution < -0.4 is 0 Å². The van der Waals surface area contributed by atoms with Gasteiger partial charge in [-0.3, -0.25) is 0 Å². The van der Waals surface area contributed by atoms with E-state index in [1.165, 1.54) is 120 Å². The maximum absolute atomic E-state index is 6.91. The van der Waals surface area contributed by atoms with Crippen LogP contribution in [0.3, 0.4) is 0 Å². The molecule has 388 valence electrons. The third-order valence-corrected chi connectivity index (χ3v) is 18.1. The largest absolute Gasteiger partial charge is 0.456 e. The lowest BCUT2D eigenvalue weighted by Crippen LogP contribution is -1.93. The molecule has 0 N–H and O–H groups in total. The third kappa shape index (κ3) is 6.86. The fourth-order valence-corrected chi connectivity index (χ4v) is 14.5. The summed E-state index contributed by atoms with van der Waals surface area (Å²) < 4.78 is 13.8. The van der Waals surface area contributed by atoms with Gasteiger partial charge in [-0.25, -0.2) is 0 Å². The van der Waals surface area contributed by atoms with Crippen LogP contribution in [0.25, 0.3) is 186 Å². The van der Waals surface area contributed by atoms with E-state index in [2.05, 4.69) is 291 Å². The maximum Gasteiger partial charge on any atom is 0.136 e. The second-order valence-electron chi connectivity index (χ2n) is 22.4. The van der Waals surface area contributed by atoms with Gasteiger partial charge < -0.3 is 8.83 Å². The molecule has 2 nitrogen and oxygen atoms in total. The molecular formula is C82H48O2. The molecule has 0 fully saturated rings. The standard InChI is InChI=1S/C82H48O2/c1-3-23-53-49(19-1)21-17-37-55(53)57-25-5-7-27-59(57)79-65-33-13-9-29-61(65)77(62-30-10-14-34-66(62)79)51-39-41-71-75(47-51)83-73-45-43-70-69(81(71)73)44-46-74-82(70)72-42-40-52(48-76(72)84-74)78-63-31-11-15-35-67(63)80(68-36-16-12-32-64(68)78)60-28-8-6-26-58(60)56-38-18-22-50-20-2-4-24-54(50)56/h1-48H. The molecule has 0 aliphatic carbocycles. The second kappa shape index (κ2) is 18.2. The van der Waals surface area contributed by atoms with Gasteiger partial charge in [-0.2, -0.15) is 0 Å². The summed E-state index contributed by atoms with van der Waals surface area (Å²) in [7, 11) is 0. The van der Waals surface area contributed by atoms with Crippen molar-refractivity contribution < 1.29 is 8.83 Å². The van der Waals surface area contributed by atoms with Crippen molar-refractivity contribution in [3.63, 3.8) is 0 Å². The Bertz CT molecular complexity index is 5330. The number of furan rings is 2. The minimum atomic E-state index is 0.859. The van der Waals surface area contributed by atoms with Crippen molar-refractivity contribution >= 4 is 119 Å². The van der Waals surface area contributed by atoms with E-state index in [9.17, 15) is 0 Å². The van der Waals surface area contributed by atoms with Gasteiger partial charge in [0.15, 0.2) is 0 Å². The second-order valence-corrected chi connectivity index (χ2v) is 22.4. The van der Waals surface area contributed by atoms with E-state index >= 15 is 0 Å². The minimum Gasteiger partial charge on any atom is -0.456 e. The van der Waals surface area contributed by atoms with Crippen molar-refractivity contribution in [2.24, 2.45) is 0 Å². The van der Waals surface area contributed by atoms with Crippen LogP contribution in [0.2, 0.25) is 0 Å². The molecule has 0 amide bonds. The van der Waals surface area contributed by atoms with Crippen LogP contribution in [0.5, 0.6) is 0 Å². The first-order valence-corrected chi connectivity index (χ1v) is 29.0. The summed E-state index contributed by atoms with van der Waals surface area (Å²) in [5.74, 6) is 0. The molecule has 0 unspecified atom stereocenters. The average Bonchev–Trinajstić information content (AvgIpc) is 2.43. The third-order valence-electron chi connectivity index (χ3n) is 18.1. The van der Waals surface area contributed by atoms with E-state index < -0.39 is 0 Å². The van der Waals surface area contributed by atoms with Gasteiger partial charge >= 0.3 is 0 Å². The Balaban J connectivity index is 0.773. The number of fused-ring (bicyclic) bond motifs is 15. The van der Waals surface area contributed by atoms with Crippen LogP contribution in [-0.2, 0) is 0 Å². The first kappa shape index (κ1) is 46.7. The molecule has 2 aromatic heterocycles. The van der Waals surface area contributed by atoms with Crippen molar-refractivity contribution in [1.82, 2.24) is 0 Å². The van der Waals surface area contributed by atoms with Gasteiger partial charge in [0.2, 0.25) is 0 Å². The molecule has 0 bridgehead atoms. The first-order chi connectivity index (χ1) is 41.7. The van der Waals surface area contributed by atoms with Gasteiger partial charge in [-0.1, -0.05) is 243 Å². The SMILES string of the molecule is c1ccc(-c2c3ccccc3c(-c3ccc4c(c3)oc3ccc5c(ccc6oc7cc(-c8c9ccccc9c(-c9ccccc9-c9cccc%10ccccc9%10)c9ccccc89)ccc7c65)c34)c3ccccc23)c(-c2cccc3ccccc23)c1. The fourth-order valence-electron chi connectivity index (χ4n) is 14.5. The summed E-state index contributed by atoms with van der Waals surface area (Å²) in [6.45, 7) is 0. The van der Waals surface area contributed by atoms with Crippen molar-refractivity contribution in [2.75, 3.05) is 0 Å². The highest BCUT2D eigenvalue weighted by molar-refractivity contribution is 6.30. The number of benzene rings is 16. The molecule has 0 atom stereocenters. The van der Waals surface area contributed by atoms with E-state index in [1.54, 1.807) is 0 Å². The smallest absolute Gasteiger partial charge is 0.136 e. The van der Waals surface area contributed by atoms with Gasteiger partial charge in [-0.05, 0) is 191 Å². The zero-order chi connectivity index (χ0) is 55.0. The molecule has 0 aliphatic rings. The van der Waals surface area contributed by atoms with E-state index in [0.29, 0.717) is 0 Å². The summed E-state index contributed by atoms with van der Waals surface area (Å²) in [6, 6.07) is 107. The summed E-state index contributed by atoms with van der Waals surface area (Å²) in [5, 5.41) is 21.3. The Hall–Kier alpha value is -11.1. The topological polar surface area (TPSA) is 26.3 Å². The molecule has 0 radical (unpaired) electrons. The molecule has 18 rings (SSSR count). The van der Waals surface area contributed by atoms with E-state index in [1.807, 2.05) is 0 Å². The predicted octanol–water partition coefficient (Wildman–Crippen LogP) is 23.6. The number of hydrogen-bond donors (Lipinski definition) is 0. The lowest BCUT2D eigenvalue weighted by Gasteiger charge is -2.20. The molecule has 0 saturated carbocycles. The quantitative estimate of drug-likeness (QED) is 0.155. The van der Waals surface area contributed by atoms with Gasteiger partial charge in [-0.15, -0.1) is 0 Å². The van der Waals surface area contributed by atoms with Crippen LogP contribution in [0.4, 0.5) is 0 Å². The van der Waals surface area contributed by atoms with E-state index in [-0.39, 0.29) is 0 Å². The lowest BCUT2D eigenvalue weighted by molar-refractivity contribution is 0.668. The summed E-state index contributed by atoms with van der Waals surface area (Å²) in [6.07, 6.45) is 0. The van der Waals surface area contributed by atoms with Crippen LogP contribution in [0.15, 0.2) is 300 Å². The molecule has 2 heteroatoms. The van der Waals surface area contributed by atoms with Crippen molar-refractivity contribution in [3.8, 4) is 66.8 Å². The molecule has 0 aliphatic heterocycles. The number of hydrogen-bond acceptors (Lipinski definition) is 2. The Kier molecular flexibility index (Phi) is 10.1. The molecule has 84 heavy (non-hydrogen) atoms. The summed E-state index contributed by atoms with van der Waals surface area (Å²) in [5.41, 5.74) is 17.9.